The normalized spacial score (nSPS) is 13.5. The first-order chi connectivity index (χ1) is 6.72. The van der Waals surface area contributed by atoms with Gasteiger partial charge in [-0.25, -0.2) is 0 Å². The molecule has 0 saturated carbocycles. The summed E-state index contributed by atoms with van der Waals surface area (Å²) < 4.78 is 0. The lowest BCUT2D eigenvalue weighted by Gasteiger charge is -2.18. The maximum absolute atomic E-state index is 10.1. The molecule has 1 aromatic rings. The molecule has 0 fully saturated rings. The van der Waals surface area contributed by atoms with E-state index in [-0.39, 0.29) is 6.10 Å². The van der Waals surface area contributed by atoms with Crippen molar-refractivity contribution >= 4 is 11.3 Å². The third-order valence-corrected chi connectivity index (χ3v) is 4.12. The minimum atomic E-state index is -0.254. The quantitative estimate of drug-likeness (QED) is 0.787. The Balaban J connectivity index is 2.72. The number of thiophene rings is 1. The highest BCUT2D eigenvalue weighted by molar-refractivity contribution is 7.12. The van der Waals surface area contributed by atoms with Crippen LogP contribution in [0.25, 0.3) is 0 Å². The first-order valence-electron chi connectivity index (χ1n) is 5.49. The molecule has 1 unspecified atom stereocenters. The molecule has 0 bridgehead atoms. The van der Waals surface area contributed by atoms with Crippen LogP contribution in [0.2, 0.25) is 0 Å². The van der Waals surface area contributed by atoms with E-state index < -0.39 is 0 Å². The number of aryl methyl sites for hydroxylation is 1. The Morgan fingerprint density at radius 2 is 1.86 bits per heavy atom. The van der Waals surface area contributed by atoms with E-state index in [0.29, 0.717) is 5.92 Å². The Morgan fingerprint density at radius 3 is 2.29 bits per heavy atom. The van der Waals surface area contributed by atoms with E-state index in [9.17, 15) is 5.11 Å². The van der Waals surface area contributed by atoms with E-state index in [4.69, 9.17) is 0 Å². The zero-order chi connectivity index (χ0) is 10.6. The molecule has 1 nitrogen and oxygen atoms in total. The molecule has 1 aromatic heterocycles. The molecule has 0 amide bonds. The zero-order valence-electron chi connectivity index (χ0n) is 9.29. The Morgan fingerprint density at radius 1 is 1.21 bits per heavy atom. The molecule has 0 aliphatic rings. The molecule has 1 N–H and O–H groups in total. The first kappa shape index (κ1) is 11.7. The van der Waals surface area contributed by atoms with Gasteiger partial charge in [-0.05, 0) is 24.5 Å². The summed E-state index contributed by atoms with van der Waals surface area (Å²) in [5.41, 5.74) is 0. The number of rotatable bonds is 5. The molecular formula is C12H20OS. The van der Waals surface area contributed by atoms with E-state index in [1.807, 2.05) is 0 Å². The van der Waals surface area contributed by atoms with E-state index >= 15 is 0 Å². The van der Waals surface area contributed by atoms with Crippen LogP contribution in [0.5, 0.6) is 0 Å². The summed E-state index contributed by atoms with van der Waals surface area (Å²) in [7, 11) is 0. The van der Waals surface area contributed by atoms with Gasteiger partial charge in [0.05, 0.1) is 6.10 Å². The third kappa shape index (κ3) is 2.58. The highest BCUT2D eigenvalue weighted by atomic mass is 32.1. The van der Waals surface area contributed by atoms with Gasteiger partial charge in [-0.2, -0.15) is 0 Å². The van der Waals surface area contributed by atoms with Gasteiger partial charge in [-0.15, -0.1) is 11.3 Å². The van der Waals surface area contributed by atoms with Crippen molar-refractivity contribution in [2.75, 3.05) is 0 Å². The second kappa shape index (κ2) is 5.52. The molecular weight excluding hydrogens is 192 g/mol. The summed E-state index contributed by atoms with van der Waals surface area (Å²) in [4.78, 5) is 2.50. The van der Waals surface area contributed by atoms with Gasteiger partial charge in [-0.3, -0.25) is 0 Å². The van der Waals surface area contributed by atoms with E-state index in [1.165, 1.54) is 4.88 Å². The van der Waals surface area contributed by atoms with Crippen molar-refractivity contribution in [2.45, 2.75) is 46.1 Å². The third-order valence-electron chi connectivity index (χ3n) is 2.82. The molecule has 80 valence electrons. The fourth-order valence-electron chi connectivity index (χ4n) is 1.71. The monoisotopic (exact) mass is 212 g/mol. The van der Waals surface area contributed by atoms with Crippen LogP contribution in [-0.2, 0) is 6.42 Å². The predicted molar refractivity (Wildman–Crippen MR) is 62.7 cm³/mol. The van der Waals surface area contributed by atoms with Gasteiger partial charge >= 0.3 is 0 Å². The first-order valence-corrected chi connectivity index (χ1v) is 6.31. The topological polar surface area (TPSA) is 20.2 Å². The Hall–Kier alpha value is -0.340. The molecule has 0 aromatic carbocycles. The van der Waals surface area contributed by atoms with E-state index in [2.05, 4.69) is 32.9 Å². The van der Waals surface area contributed by atoms with Crippen molar-refractivity contribution < 1.29 is 5.11 Å². The van der Waals surface area contributed by atoms with Crippen LogP contribution < -0.4 is 0 Å². The van der Waals surface area contributed by atoms with E-state index in [0.717, 1.165) is 24.1 Å². The molecule has 0 spiro atoms. The SMILES string of the molecule is CCc1ccc(C(O)C(CC)CC)s1. The molecule has 0 aliphatic heterocycles. The second-order valence-corrected chi connectivity index (χ2v) is 4.88. The summed E-state index contributed by atoms with van der Waals surface area (Å²) >= 11 is 1.75. The smallest absolute Gasteiger partial charge is 0.0909 e. The van der Waals surface area contributed by atoms with Gasteiger partial charge in [0.15, 0.2) is 0 Å². The van der Waals surface area contributed by atoms with Crippen molar-refractivity contribution in [3.05, 3.63) is 21.9 Å². The van der Waals surface area contributed by atoms with Crippen molar-refractivity contribution in [2.24, 2.45) is 5.92 Å². The summed E-state index contributed by atoms with van der Waals surface area (Å²) in [6.45, 7) is 6.44. The van der Waals surface area contributed by atoms with E-state index in [1.54, 1.807) is 11.3 Å². The van der Waals surface area contributed by atoms with Gasteiger partial charge in [0.1, 0.15) is 0 Å². The number of hydrogen-bond donors (Lipinski definition) is 1. The molecule has 1 rings (SSSR count). The van der Waals surface area contributed by atoms with Crippen LogP contribution in [0.15, 0.2) is 12.1 Å². The van der Waals surface area contributed by atoms with Gasteiger partial charge < -0.3 is 5.11 Å². The van der Waals surface area contributed by atoms with Crippen LogP contribution in [0.4, 0.5) is 0 Å². The van der Waals surface area contributed by atoms with Crippen LogP contribution >= 0.6 is 11.3 Å². The molecule has 0 saturated heterocycles. The molecule has 1 atom stereocenters. The van der Waals surface area contributed by atoms with Gasteiger partial charge in [0.25, 0.3) is 0 Å². The molecule has 2 heteroatoms. The van der Waals surface area contributed by atoms with Crippen LogP contribution in [0.1, 0.15) is 49.5 Å². The van der Waals surface area contributed by atoms with Crippen LogP contribution in [0.3, 0.4) is 0 Å². The lowest BCUT2D eigenvalue weighted by molar-refractivity contribution is 0.107. The molecule has 0 radical (unpaired) electrons. The fraction of sp³-hybridized carbons (Fsp3) is 0.667. The minimum Gasteiger partial charge on any atom is -0.387 e. The Labute approximate surface area is 90.8 Å². The fourth-order valence-corrected chi connectivity index (χ4v) is 2.74. The Bertz CT molecular complexity index is 263. The summed E-state index contributed by atoms with van der Waals surface area (Å²) in [6, 6.07) is 4.21. The summed E-state index contributed by atoms with van der Waals surface area (Å²) in [6.07, 6.45) is 2.92. The number of hydrogen-bond acceptors (Lipinski definition) is 2. The lowest BCUT2D eigenvalue weighted by atomic mass is 9.96. The molecule has 14 heavy (non-hydrogen) atoms. The van der Waals surface area contributed by atoms with Crippen molar-refractivity contribution in [1.29, 1.82) is 0 Å². The van der Waals surface area contributed by atoms with Crippen LogP contribution in [-0.4, -0.2) is 5.11 Å². The summed E-state index contributed by atoms with van der Waals surface area (Å²) in [5.74, 6) is 0.415. The van der Waals surface area contributed by atoms with Gasteiger partial charge in [0.2, 0.25) is 0 Å². The van der Waals surface area contributed by atoms with Crippen molar-refractivity contribution in [3.63, 3.8) is 0 Å². The summed E-state index contributed by atoms with van der Waals surface area (Å²) in [5, 5.41) is 10.1. The number of aliphatic hydroxyl groups is 1. The molecule has 1 heterocycles. The maximum atomic E-state index is 10.1. The standard InChI is InChI=1S/C12H20OS/c1-4-9(5-2)12(13)11-8-7-10(6-3)14-11/h7-9,12-13H,4-6H2,1-3H3. The Kier molecular flexibility index (Phi) is 4.63. The second-order valence-electron chi connectivity index (χ2n) is 3.68. The largest absolute Gasteiger partial charge is 0.387 e. The maximum Gasteiger partial charge on any atom is 0.0909 e. The zero-order valence-corrected chi connectivity index (χ0v) is 10.1. The van der Waals surface area contributed by atoms with Crippen molar-refractivity contribution in [3.8, 4) is 0 Å². The minimum absolute atomic E-state index is 0.254. The van der Waals surface area contributed by atoms with Crippen LogP contribution in [0, 0.1) is 5.92 Å². The average molecular weight is 212 g/mol. The molecule has 0 aliphatic carbocycles. The van der Waals surface area contributed by atoms with Gasteiger partial charge in [-0.1, -0.05) is 33.6 Å². The van der Waals surface area contributed by atoms with Gasteiger partial charge in [0, 0.05) is 9.75 Å². The highest BCUT2D eigenvalue weighted by Gasteiger charge is 2.18. The van der Waals surface area contributed by atoms with Crippen molar-refractivity contribution in [1.82, 2.24) is 0 Å². The highest BCUT2D eigenvalue weighted by Crippen LogP contribution is 2.31. The number of aliphatic hydroxyl groups excluding tert-OH is 1. The average Bonchev–Trinajstić information content (AvgIpc) is 2.67. The lowest BCUT2D eigenvalue weighted by Crippen LogP contribution is -2.09. The predicted octanol–water partition coefficient (Wildman–Crippen LogP) is 3.78.